The molecule has 0 bridgehead atoms. The molecule has 0 aromatic carbocycles. The Hall–Kier alpha value is -3.09. The van der Waals surface area contributed by atoms with E-state index in [9.17, 15) is 34.8 Å². The van der Waals surface area contributed by atoms with Crippen molar-refractivity contribution in [2.75, 3.05) is 5.75 Å². The summed E-state index contributed by atoms with van der Waals surface area (Å²) in [5, 5.41) is 0. The second-order valence-electron chi connectivity index (χ2n) is 7.03. The predicted molar refractivity (Wildman–Crippen MR) is 103 cm³/mol. The molecule has 13 heteroatoms. The molecule has 0 saturated carbocycles. The second-order valence-corrected chi connectivity index (χ2v) is 9.27. The Morgan fingerprint density at radius 3 is 2.25 bits per heavy atom. The van der Waals surface area contributed by atoms with Gasteiger partial charge in [-0.25, -0.2) is 18.4 Å². The largest absolute Gasteiger partial charge is 0.417 e. The zero-order valence-electron chi connectivity index (χ0n) is 16.5. The first-order valence-electron chi connectivity index (χ1n) is 9.09. The molecule has 0 aliphatic heterocycles. The molecule has 0 saturated heterocycles. The molecule has 0 unspecified atom stereocenters. The van der Waals surface area contributed by atoms with Crippen LogP contribution in [0.5, 0.6) is 0 Å². The number of imidazole rings is 1. The zero-order valence-corrected chi connectivity index (χ0v) is 17.3. The molecule has 6 nitrogen and oxygen atoms in total. The number of halogens is 6. The molecule has 0 aliphatic carbocycles. The summed E-state index contributed by atoms with van der Waals surface area (Å²) in [5.74, 6) is -0.401. The summed E-state index contributed by atoms with van der Waals surface area (Å²) in [6, 6.07) is 3.44. The normalized spacial score (nSPS) is 13.4. The lowest BCUT2D eigenvalue weighted by molar-refractivity contribution is -0.138. The Morgan fingerprint density at radius 1 is 1.00 bits per heavy atom. The van der Waals surface area contributed by atoms with Crippen LogP contribution in [0, 0.1) is 0 Å². The summed E-state index contributed by atoms with van der Waals surface area (Å²) in [6.45, 7) is 1.37. The van der Waals surface area contributed by atoms with Gasteiger partial charge in [0.05, 0.1) is 21.8 Å². The number of hydrogen-bond acceptors (Lipinski definition) is 4. The molecule has 0 fully saturated rings. The SMILES string of the molecule is CCS(=O)(=O)c1cc2cc(C(F)(F)F)ccn2c1-c1nc2cc(C(F)(F)F)cnc2n1C. The number of nitrogens with zero attached hydrogens (tertiary/aromatic N) is 4. The van der Waals surface area contributed by atoms with E-state index in [1.807, 2.05) is 0 Å². The van der Waals surface area contributed by atoms with Gasteiger partial charge in [0.15, 0.2) is 21.3 Å². The minimum absolute atomic E-state index is 0.0507. The van der Waals surface area contributed by atoms with Gasteiger partial charge in [0.2, 0.25) is 0 Å². The fourth-order valence-electron chi connectivity index (χ4n) is 3.38. The first-order chi connectivity index (χ1) is 14.7. The Labute approximate surface area is 177 Å². The molecule has 4 aromatic rings. The smallest absolute Gasteiger partial charge is 0.313 e. The van der Waals surface area contributed by atoms with Gasteiger partial charge in [-0.15, -0.1) is 0 Å². The van der Waals surface area contributed by atoms with Crippen LogP contribution >= 0.6 is 0 Å². The van der Waals surface area contributed by atoms with Gasteiger partial charge in [0.1, 0.15) is 11.2 Å². The predicted octanol–water partition coefficient (Wildman–Crippen LogP) is 4.72. The number of pyridine rings is 2. The Morgan fingerprint density at radius 2 is 1.66 bits per heavy atom. The van der Waals surface area contributed by atoms with Gasteiger partial charge < -0.3 is 8.97 Å². The summed E-state index contributed by atoms with van der Waals surface area (Å²) in [5.41, 5.74) is -2.22. The average molecular weight is 476 g/mol. The molecule has 0 amide bonds. The molecule has 0 spiro atoms. The van der Waals surface area contributed by atoms with E-state index in [2.05, 4.69) is 9.97 Å². The number of alkyl halides is 6. The maximum absolute atomic E-state index is 13.1. The number of sulfone groups is 1. The van der Waals surface area contributed by atoms with E-state index >= 15 is 0 Å². The van der Waals surface area contributed by atoms with Gasteiger partial charge in [-0.1, -0.05) is 6.92 Å². The highest BCUT2D eigenvalue weighted by atomic mass is 32.2. The minimum Gasteiger partial charge on any atom is -0.313 e. The molecule has 4 heterocycles. The highest BCUT2D eigenvalue weighted by molar-refractivity contribution is 7.91. The molecule has 0 radical (unpaired) electrons. The minimum atomic E-state index is -4.66. The topological polar surface area (TPSA) is 69.3 Å². The van der Waals surface area contributed by atoms with Crippen molar-refractivity contribution in [1.29, 1.82) is 0 Å². The summed E-state index contributed by atoms with van der Waals surface area (Å²) >= 11 is 0. The maximum Gasteiger partial charge on any atom is 0.417 e. The Kier molecular flexibility index (Phi) is 4.81. The summed E-state index contributed by atoms with van der Waals surface area (Å²) in [6.07, 6.45) is -7.63. The Bertz CT molecular complexity index is 1470. The van der Waals surface area contributed by atoms with Gasteiger partial charge in [0.25, 0.3) is 0 Å². The lowest BCUT2D eigenvalue weighted by atomic mass is 10.2. The summed E-state index contributed by atoms with van der Waals surface area (Å²) in [7, 11) is -2.50. The number of aryl methyl sites for hydroxylation is 1. The van der Waals surface area contributed by atoms with Gasteiger partial charge in [0, 0.05) is 25.0 Å². The molecule has 4 aromatic heterocycles. The standard InChI is InChI=1S/C19H14F6N4O2S/c1-3-32(30,31)14-8-12-6-10(18(20,21)22)4-5-29(12)15(14)17-27-13-7-11(19(23,24)25)9-26-16(13)28(17)2/h4-9H,3H2,1-2H3. The van der Waals surface area contributed by atoms with E-state index in [4.69, 9.17) is 0 Å². The van der Waals surface area contributed by atoms with Crippen molar-refractivity contribution >= 4 is 26.5 Å². The fraction of sp³-hybridized carbons (Fsp3) is 0.263. The van der Waals surface area contributed by atoms with Crippen LogP contribution in [0.2, 0.25) is 0 Å². The van der Waals surface area contributed by atoms with Crippen molar-refractivity contribution in [3.05, 3.63) is 47.8 Å². The van der Waals surface area contributed by atoms with Crippen LogP contribution in [-0.2, 0) is 29.2 Å². The molecule has 0 aliphatic rings. The van der Waals surface area contributed by atoms with Gasteiger partial charge in [-0.05, 0) is 24.3 Å². The Balaban J connectivity index is 2.06. The third kappa shape index (κ3) is 3.49. The molecular weight excluding hydrogens is 462 g/mol. The van der Waals surface area contributed by atoms with Crippen LogP contribution in [0.1, 0.15) is 18.1 Å². The van der Waals surface area contributed by atoms with Crippen molar-refractivity contribution in [2.45, 2.75) is 24.2 Å². The van der Waals surface area contributed by atoms with Gasteiger partial charge in [-0.3, -0.25) is 0 Å². The van der Waals surface area contributed by atoms with Crippen LogP contribution in [0.4, 0.5) is 26.3 Å². The number of aromatic nitrogens is 4. The van der Waals surface area contributed by atoms with Crippen molar-refractivity contribution in [1.82, 2.24) is 18.9 Å². The molecule has 0 N–H and O–H groups in total. The molecule has 4 rings (SSSR count). The highest BCUT2D eigenvalue weighted by Gasteiger charge is 2.34. The van der Waals surface area contributed by atoms with E-state index < -0.39 is 33.3 Å². The first-order valence-corrected chi connectivity index (χ1v) is 10.7. The van der Waals surface area contributed by atoms with Gasteiger partial charge in [-0.2, -0.15) is 26.3 Å². The maximum atomic E-state index is 13.1. The van der Waals surface area contributed by atoms with Crippen molar-refractivity contribution < 1.29 is 34.8 Å². The van der Waals surface area contributed by atoms with E-state index in [1.165, 1.54) is 22.9 Å². The van der Waals surface area contributed by atoms with Gasteiger partial charge >= 0.3 is 12.4 Å². The first kappa shape index (κ1) is 22.1. The number of hydrogen-bond donors (Lipinski definition) is 0. The number of rotatable bonds is 3. The lowest BCUT2D eigenvalue weighted by Crippen LogP contribution is -2.07. The van der Waals surface area contributed by atoms with E-state index in [0.29, 0.717) is 6.20 Å². The monoisotopic (exact) mass is 476 g/mol. The van der Waals surface area contributed by atoms with E-state index in [0.717, 1.165) is 30.5 Å². The highest BCUT2D eigenvalue weighted by Crippen LogP contribution is 2.37. The molecular formula is C19H14F6N4O2S. The summed E-state index contributed by atoms with van der Waals surface area (Å²) < 4.78 is 107. The number of fused-ring (bicyclic) bond motifs is 2. The van der Waals surface area contributed by atoms with Crippen LogP contribution in [-0.4, -0.2) is 33.1 Å². The van der Waals surface area contributed by atoms with Crippen LogP contribution in [0.3, 0.4) is 0 Å². The second kappa shape index (κ2) is 6.95. The van der Waals surface area contributed by atoms with Crippen LogP contribution in [0.25, 0.3) is 28.2 Å². The van der Waals surface area contributed by atoms with Crippen LogP contribution in [0.15, 0.2) is 41.6 Å². The molecule has 170 valence electrons. The van der Waals surface area contributed by atoms with Crippen LogP contribution < -0.4 is 0 Å². The average Bonchev–Trinajstić information content (AvgIpc) is 3.24. The zero-order chi connectivity index (χ0) is 23.6. The molecule has 32 heavy (non-hydrogen) atoms. The van der Waals surface area contributed by atoms with E-state index in [-0.39, 0.29) is 38.8 Å². The van der Waals surface area contributed by atoms with E-state index in [1.54, 1.807) is 0 Å². The van der Waals surface area contributed by atoms with Crippen molar-refractivity contribution in [3.8, 4) is 11.5 Å². The van der Waals surface area contributed by atoms with Crippen molar-refractivity contribution in [3.63, 3.8) is 0 Å². The third-order valence-corrected chi connectivity index (χ3v) is 6.77. The fourth-order valence-corrected chi connectivity index (χ4v) is 4.48. The third-order valence-electron chi connectivity index (χ3n) is 5.03. The molecule has 0 atom stereocenters. The lowest BCUT2D eigenvalue weighted by Gasteiger charge is -2.09. The quantitative estimate of drug-likeness (QED) is 0.402. The summed E-state index contributed by atoms with van der Waals surface area (Å²) in [4.78, 5) is 7.66. The van der Waals surface area contributed by atoms with Crippen molar-refractivity contribution in [2.24, 2.45) is 7.05 Å².